The number of pyridine rings is 1. The molecule has 2 heterocycles. The van der Waals surface area contributed by atoms with Crippen molar-refractivity contribution in [2.45, 2.75) is 37.8 Å². The maximum atomic E-state index is 6.02. The van der Waals surface area contributed by atoms with Crippen LogP contribution in [-0.2, 0) is 0 Å². The SMILES string of the molecule is NC1CCN(c2nccc3c(NC4CC4)cccc23)CC1. The van der Waals surface area contributed by atoms with E-state index in [0.29, 0.717) is 12.1 Å². The van der Waals surface area contributed by atoms with Crippen LogP contribution in [0.25, 0.3) is 10.8 Å². The van der Waals surface area contributed by atoms with Gasteiger partial charge in [0.1, 0.15) is 5.82 Å². The predicted octanol–water partition coefficient (Wildman–Crippen LogP) is 2.74. The van der Waals surface area contributed by atoms with Crippen LogP contribution in [0.4, 0.5) is 11.5 Å². The fourth-order valence-electron chi connectivity index (χ4n) is 3.13. The Bertz CT molecular complexity index is 642. The average molecular weight is 282 g/mol. The Labute approximate surface area is 125 Å². The summed E-state index contributed by atoms with van der Waals surface area (Å²) in [5, 5.41) is 6.16. The van der Waals surface area contributed by atoms with Gasteiger partial charge < -0.3 is 16.0 Å². The van der Waals surface area contributed by atoms with Gasteiger partial charge in [-0.2, -0.15) is 0 Å². The molecule has 4 rings (SSSR count). The lowest BCUT2D eigenvalue weighted by molar-refractivity contribution is 0.499. The van der Waals surface area contributed by atoms with E-state index in [2.05, 4.69) is 39.5 Å². The van der Waals surface area contributed by atoms with Crippen molar-refractivity contribution in [3.8, 4) is 0 Å². The van der Waals surface area contributed by atoms with Crippen LogP contribution in [0.1, 0.15) is 25.7 Å². The molecule has 1 aliphatic carbocycles. The van der Waals surface area contributed by atoms with Gasteiger partial charge in [-0.25, -0.2) is 4.98 Å². The zero-order valence-corrected chi connectivity index (χ0v) is 12.3. The van der Waals surface area contributed by atoms with Gasteiger partial charge in [0, 0.05) is 47.8 Å². The third kappa shape index (κ3) is 2.56. The summed E-state index contributed by atoms with van der Waals surface area (Å²) in [4.78, 5) is 7.03. The summed E-state index contributed by atoms with van der Waals surface area (Å²) in [6.45, 7) is 2.02. The van der Waals surface area contributed by atoms with Gasteiger partial charge in [-0.1, -0.05) is 12.1 Å². The zero-order chi connectivity index (χ0) is 14.2. The minimum absolute atomic E-state index is 0.350. The standard InChI is InChI=1S/C17H22N4/c18-12-7-10-21(11-8-12)17-15-2-1-3-16(20-13-4-5-13)14(15)6-9-19-17/h1-3,6,9,12-13,20H,4-5,7-8,10-11,18H2. The number of rotatable bonds is 3. The molecule has 0 radical (unpaired) electrons. The molecule has 0 amide bonds. The molecule has 1 saturated carbocycles. The molecule has 1 saturated heterocycles. The van der Waals surface area contributed by atoms with E-state index in [0.717, 1.165) is 31.7 Å². The summed E-state index contributed by atoms with van der Waals surface area (Å²) < 4.78 is 0. The Balaban J connectivity index is 1.72. The number of benzene rings is 1. The highest BCUT2D eigenvalue weighted by atomic mass is 15.2. The highest BCUT2D eigenvalue weighted by Gasteiger charge is 2.23. The first kappa shape index (κ1) is 12.9. The molecule has 1 aromatic carbocycles. The largest absolute Gasteiger partial charge is 0.382 e. The summed E-state index contributed by atoms with van der Waals surface area (Å²) >= 11 is 0. The van der Waals surface area contributed by atoms with Crippen LogP contribution in [0.15, 0.2) is 30.5 Å². The van der Waals surface area contributed by atoms with E-state index in [9.17, 15) is 0 Å². The molecule has 4 heteroatoms. The van der Waals surface area contributed by atoms with Gasteiger partial charge in [0.05, 0.1) is 0 Å². The summed E-state index contributed by atoms with van der Waals surface area (Å²) in [6, 6.07) is 9.64. The minimum Gasteiger partial charge on any atom is -0.382 e. The van der Waals surface area contributed by atoms with Crippen LogP contribution >= 0.6 is 0 Å². The van der Waals surface area contributed by atoms with Crippen molar-refractivity contribution in [3.05, 3.63) is 30.5 Å². The van der Waals surface area contributed by atoms with E-state index in [1.165, 1.54) is 29.3 Å². The number of nitrogens with two attached hydrogens (primary N) is 1. The first-order chi connectivity index (χ1) is 10.3. The number of nitrogens with zero attached hydrogens (tertiary/aromatic N) is 2. The van der Waals surface area contributed by atoms with Crippen LogP contribution in [0.3, 0.4) is 0 Å². The number of hydrogen-bond donors (Lipinski definition) is 2. The Morgan fingerprint density at radius 3 is 2.62 bits per heavy atom. The van der Waals surface area contributed by atoms with Crippen molar-refractivity contribution in [2.24, 2.45) is 5.73 Å². The molecular weight excluding hydrogens is 260 g/mol. The Hall–Kier alpha value is -1.81. The Morgan fingerprint density at radius 1 is 1.05 bits per heavy atom. The number of aromatic nitrogens is 1. The normalized spacial score (nSPS) is 20.0. The van der Waals surface area contributed by atoms with E-state index < -0.39 is 0 Å². The van der Waals surface area contributed by atoms with Crippen molar-refractivity contribution < 1.29 is 0 Å². The number of hydrogen-bond acceptors (Lipinski definition) is 4. The molecule has 0 unspecified atom stereocenters. The van der Waals surface area contributed by atoms with Crippen molar-refractivity contribution in [1.29, 1.82) is 0 Å². The molecule has 0 spiro atoms. The van der Waals surface area contributed by atoms with E-state index in [4.69, 9.17) is 5.73 Å². The number of fused-ring (bicyclic) bond motifs is 1. The second-order valence-electron chi connectivity index (χ2n) is 6.28. The number of nitrogens with one attached hydrogen (secondary N) is 1. The molecule has 0 bridgehead atoms. The molecule has 21 heavy (non-hydrogen) atoms. The molecule has 1 aromatic heterocycles. The van der Waals surface area contributed by atoms with Gasteiger partial charge in [0.15, 0.2) is 0 Å². The molecule has 2 aliphatic rings. The molecule has 1 aliphatic heterocycles. The fourth-order valence-corrected chi connectivity index (χ4v) is 3.13. The van der Waals surface area contributed by atoms with Crippen LogP contribution < -0.4 is 16.0 Å². The smallest absolute Gasteiger partial charge is 0.136 e. The second-order valence-corrected chi connectivity index (χ2v) is 6.28. The summed E-state index contributed by atoms with van der Waals surface area (Å²) in [7, 11) is 0. The van der Waals surface area contributed by atoms with Crippen molar-refractivity contribution >= 4 is 22.3 Å². The van der Waals surface area contributed by atoms with E-state index >= 15 is 0 Å². The highest BCUT2D eigenvalue weighted by molar-refractivity contribution is 6.00. The topological polar surface area (TPSA) is 54.2 Å². The average Bonchev–Trinajstić information content (AvgIpc) is 3.32. The van der Waals surface area contributed by atoms with Crippen molar-refractivity contribution in [3.63, 3.8) is 0 Å². The molecule has 4 nitrogen and oxygen atoms in total. The number of piperidine rings is 1. The quantitative estimate of drug-likeness (QED) is 0.909. The molecule has 2 fully saturated rings. The van der Waals surface area contributed by atoms with Crippen LogP contribution in [-0.4, -0.2) is 30.2 Å². The van der Waals surface area contributed by atoms with E-state index in [-0.39, 0.29) is 0 Å². The first-order valence-corrected chi connectivity index (χ1v) is 7.96. The van der Waals surface area contributed by atoms with Gasteiger partial charge in [0.2, 0.25) is 0 Å². The monoisotopic (exact) mass is 282 g/mol. The lowest BCUT2D eigenvalue weighted by atomic mass is 10.0. The van der Waals surface area contributed by atoms with Crippen molar-refractivity contribution in [1.82, 2.24) is 4.98 Å². The van der Waals surface area contributed by atoms with Gasteiger partial charge in [-0.15, -0.1) is 0 Å². The third-order valence-electron chi connectivity index (χ3n) is 4.56. The highest BCUT2D eigenvalue weighted by Crippen LogP contribution is 2.33. The van der Waals surface area contributed by atoms with Crippen molar-refractivity contribution in [2.75, 3.05) is 23.3 Å². The maximum Gasteiger partial charge on any atom is 0.136 e. The lowest BCUT2D eigenvalue weighted by Gasteiger charge is -2.31. The summed E-state index contributed by atoms with van der Waals surface area (Å²) in [5.74, 6) is 1.11. The molecule has 0 atom stereocenters. The molecule has 2 aromatic rings. The van der Waals surface area contributed by atoms with Gasteiger partial charge >= 0.3 is 0 Å². The van der Waals surface area contributed by atoms with E-state index in [1.807, 2.05) is 6.20 Å². The maximum absolute atomic E-state index is 6.02. The first-order valence-electron chi connectivity index (χ1n) is 7.96. The Morgan fingerprint density at radius 2 is 1.86 bits per heavy atom. The van der Waals surface area contributed by atoms with Crippen LogP contribution in [0.2, 0.25) is 0 Å². The second kappa shape index (κ2) is 5.19. The van der Waals surface area contributed by atoms with Gasteiger partial charge in [-0.05, 0) is 37.8 Å². The predicted molar refractivity (Wildman–Crippen MR) is 87.8 cm³/mol. The van der Waals surface area contributed by atoms with Gasteiger partial charge in [-0.3, -0.25) is 0 Å². The molecule has 110 valence electrons. The summed E-state index contributed by atoms with van der Waals surface area (Å²) in [6.07, 6.45) is 6.62. The third-order valence-corrected chi connectivity index (χ3v) is 4.56. The number of anilines is 2. The van der Waals surface area contributed by atoms with E-state index in [1.54, 1.807) is 0 Å². The lowest BCUT2D eigenvalue weighted by Crippen LogP contribution is -2.40. The summed E-state index contributed by atoms with van der Waals surface area (Å²) in [5.41, 5.74) is 7.26. The fraction of sp³-hybridized carbons (Fsp3) is 0.471. The molecular formula is C17H22N4. The minimum atomic E-state index is 0.350. The van der Waals surface area contributed by atoms with Crippen LogP contribution in [0.5, 0.6) is 0 Å². The Kier molecular flexibility index (Phi) is 3.19. The molecule has 3 N–H and O–H groups in total. The van der Waals surface area contributed by atoms with Crippen LogP contribution in [0, 0.1) is 0 Å². The van der Waals surface area contributed by atoms with Gasteiger partial charge in [0.25, 0.3) is 0 Å². The zero-order valence-electron chi connectivity index (χ0n) is 12.3.